The molecule has 0 amide bonds. The first-order valence-electron chi connectivity index (χ1n) is 5.10. The Morgan fingerprint density at radius 3 is 2.88 bits per heavy atom. The van der Waals surface area contributed by atoms with Gasteiger partial charge in [-0.25, -0.2) is 9.37 Å². The molecule has 0 aliphatic rings. The molecule has 0 saturated heterocycles. The minimum Gasteiger partial charge on any atom is -0.443 e. The van der Waals surface area contributed by atoms with E-state index in [0.29, 0.717) is 23.4 Å². The molecule has 0 spiro atoms. The number of nitrogens with zero attached hydrogens (tertiary/aromatic N) is 1. The standard InChI is InChI=1S/C12H12FNO2/c1-2-10-12(14-11(7-15)16-10)8-4-3-5-9(13)6-8/h3-6,15H,2,7H2,1H3. The fraction of sp³-hybridized carbons (Fsp3) is 0.250. The summed E-state index contributed by atoms with van der Waals surface area (Å²) < 4.78 is 18.4. The molecule has 1 aromatic carbocycles. The molecule has 1 heterocycles. The monoisotopic (exact) mass is 221 g/mol. The van der Waals surface area contributed by atoms with Crippen molar-refractivity contribution in [2.75, 3.05) is 0 Å². The second kappa shape index (κ2) is 4.45. The van der Waals surface area contributed by atoms with Crippen molar-refractivity contribution in [1.82, 2.24) is 4.98 Å². The summed E-state index contributed by atoms with van der Waals surface area (Å²) in [6, 6.07) is 6.17. The SMILES string of the molecule is CCc1oc(CO)nc1-c1cccc(F)c1. The van der Waals surface area contributed by atoms with Crippen LogP contribution in [0.15, 0.2) is 28.7 Å². The van der Waals surface area contributed by atoms with E-state index in [2.05, 4.69) is 4.98 Å². The molecule has 4 heteroatoms. The van der Waals surface area contributed by atoms with E-state index in [0.717, 1.165) is 0 Å². The van der Waals surface area contributed by atoms with E-state index in [1.165, 1.54) is 12.1 Å². The summed E-state index contributed by atoms with van der Waals surface area (Å²) in [5.74, 6) is 0.610. The van der Waals surface area contributed by atoms with Crippen LogP contribution < -0.4 is 0 Å². The van der Waals surface area contributed by atoms with E-state index in [9.17, 15) is 4.39 Å². The Morgan fingerprint density at radius 1 is 1.44 bits per heavy atom. The van der Waals surface area contributed by atoms with Crippen molar-refractivity contribution in [3.05, 3.63) is 41.7 Å². The summed E-state index contributed by atoms with van der Waals surface area (Å²) in [7, 11) is 0. The topological polar surface area (TPSA) is 46.3 Å². The summed E-state index contributed by atoms with van der Waals surface area (Å²) in [6.45, 7) is 1.67. The third kappa shape index (κ3) is 1.97. The third-order valence-corrected chi connectivity index (χ3v) is 2.30. The molecular formula is C12H12FNO2. The molecule has 0 bridgehead atoms. The molecule has 1 N–H and O–H groups in total. The molecule has 0 fully saturated rings. The van der Waals surface area contributed by atoms with Crippen molar-refractivity contribution in [1.29, 1.82) is 0 Å². The van der Waals surface area contributed by atoms with Gasteiger partial charge in [-0.1, -0.05) is 19.1 Å². The van der Waals surface area contributed by atoms with Crippen LogP contribution in [0.3, 0.4) is 0 Å². The number of rotatable bonds is 3. The first-order chi connectivity index (χ1) is 7.74. The lowest BCUT2D eigenvalue weighted by Gasteiger charge is -1.98. The van der Waals surface area contributed by atoms with Crippen LogP contribution in [0.5, 0.6) is 0 Å². The summed E-state index contributed by atoms with van der Waals surface area (Å²) in [6.07, 6.45) is 0.652. The van der Waals surface area contributed by atoms with E-state index < -0.39 is 0 Å². The van der Waals surface area contributed by atoms with Gasteiger partial charge in [0, 0.05) is 12.0 Å². The van der Waals surface area contributed by atoms with Gasteiger partial charge in [-0.3, -0.25) is 0 Å². The highest BCUT2D eigenvalue weighted by atomic mass is 19.1. The van der Waals surface area contributed by atoms with Gasteiger partial charge in [-0.2, -0.15) is 0 Å². The smallest absolute Gasteiger partial charge is 0.220 e. The third-order valence-electron chi connectivity index (χ3n) is 2.30. The molecule has 0 aliphatic carbocycles. The maximum atomic E-state index is 13.1. The zero-order valence-corrected chi connectivity index (χ0v) is 8.90. The normalized spacial score (nSPS) is 10.7. The molecule has 1 aromatic heterocycles. The lowest BCUT2D eigenvalue weighted by molar-refractivity contribution is 0.237. The molecule has 2 aromatic rings. The van der Waals surface area contributed by atoms with Gasteiger partial charge in [0.25, 0.3) is 0 Å². The van der Waals surface area contributed by atoms with E-state index >= 15 is 0 Å². The highest BCUT2D eigenvalue weighted by Crippen LogP contribution is 2.25. The summed E-state index contributed by atoms with van der Waals surface area (Å²) in [5, 5.41) is 8.94. The van der Waals surface area contributed by atoms with Crippen LogP contribution in [0, 0.1) is 5.82 Å². The number of hydrogen-bond donors (Lipinski definition) is 1. The Balaban J connectivity index is 2.50. The minimum atomic E-state index is -0.312. The zero-order chi connectivity index (χ0) is 11.5. The lowest BCUT2D eigenvalue weighted by Crippen LogP contribution is -1.86. The number of benzene rings is 1. The fourth-order valence-electron chi connectivity index (χ4n) is 1.57. The minimum absolute atomic E-state index is 0.248. The van der Waals surface area contributed by atoms with Gasteiger partial charge in [0.1, 0.15) is 23.9 Å². The predicted molar refractivity (Wildman–Crippen MR) is 57.2 cm³/mol. The van der Waals surface area contributed by atoms with Crippen molar-refractivity contribution in [2.24, 2.45) is 0 Å². The van der Waals surface area contributed by atoms with Crippen LogP contribution in [-0.2, 0) is 13.0 Å². The van der Waals surface area contributed by atoms with Gasteiger partial charge in [0.2, 0.25) is 5.89 Å². The van der Waals surface area contributed by atoms with E-state index in [-0.39, 0.29) is 18.3 Å². The van der Waals surface area contributed by atoms with Gasteiger partial charge in [-0.05, 0) is 12.1 Å². The molecule has 3 nitrogen and oxygen atoms in total. The summed E-state index contributed by atoms with van der Waals surface area (Å²) in [5.41, 5.74) is 1.27. The average Bonchev–Trinajstić information content (AvgIpc) is 2.72. The van der Waals surface area contributed by atoms with Gasteiger partial charge in [0.15, 0.2) is 0 Å². The van der Waals surface area contributed by atoms with Crippen LogP contribution in [0.4, 0.5) is 4.39 Å². The Labute approximate surface area is 92.6 Å². The Kier molecular flexibility index (Phi) is 3.01. The fourth-order valence-corrected chi connectivity index (χ4v) is 1.57. The Bertz CT molecular complexity index is 494. The molecule has 0 saturated carbocycles. The van der Waals surface area contributed by atoms with Crippen LogP contribution in [0.2, 0.25) is 0 Å². The van der Waals surface area contributed by atoms with Gasteiger partial charge in [0.05, 0.1) is 0 Å². The highest BCUT2D eigenvalue weighted by molar-refractivity contribution is 5.61. The summed E-state index contributed by atoms with van der Waals surface area (Å²) >= 11 is 0. The number of halogens is 1. The molecule has 0 unspecified atom stereocenters. The lowest BCUT2D eigenvalue weighted by atomic mass is 10.1. The molecule has 0 atom stereocenters. The molecule has 84 valence electrons. The van der Waals surface area contributed by atoms with Crippen molar-refractivity contribution in [3.63, 3.8) is 0 Å². The molecular weight excluding hydrogens is 209 g/mol. The predicted octanol–water partition coefficient (Wildman–Crippen LogP) is 2.54. The molecule has 0 aliphatic heterocycles. The Hall–Kier alpha value is -1.68. The maximum Gasteiger partial charge on any atom is 0.220 e. The van der Waals surface area contributed by atoms with E-state index in [4.69, 9.17) is 9.52 Å². The second-order valence-corrected chi connectivity index (χ2v) is 3.40. The highest BCUT2D eigenvalue weighted by Gasteiger charge is 2.13. The van der Waals surface area contributed by atoms with Crippen LogP contribution >= 0.6 is 0 Å². The second-order valence-electron chi connectivity index (χ2n) is 3.40. The van der Waals surface area contributed by atoms with Crippen molar-refractivity contribution in [2.45, 2.75) is 20.0 Å². The Morgan fingerprint density at radius 2 is 2.25 bits per heavy atom. The van der Waals surface area contributed by atoms with Gasteiger partial charge in [-0.15, -0.1) is 0 Å². The first kappa shape index (κ1) is 10.8. The molecule has 16 heavy (non-hydrogen) atoms. The van der Waals surface area contributed by atoms with Crippen molar-refractivity contribution in [3.8, 4) is 11.3 Å². The number of aromatic nitrogens is 1. The average molecular weight is 221 g/mol. The number of aryl methyl sites for hydroxylation is 1. The number of oxazole rings is 1. The number of aliphatic hydroxyl groups excluding tert-OH is 1. The summed E-state index contributed by atoms with van der Waals surface area (Å²) in [4.78, 5) is 4.13. The molecule has 0 radical (unpaired) electrons. The van der Waals surface area contributed by atoms with E-state index in [1.54, 1.807) is 12.1 Å². The van der Waals surface area contributed by atoms with Crippen molar-refractivity contribution < 1.29 is 13.9 Å². The van der Waals surface area contributed by atoms with Crippen molar-refractivity contribution >= 4 is 0 Å². The maximum absolute atomic E-state index is 13.1. The van der Waals surface area contributed by atoms with Crippen LogP contribution in [0.25, 0.3) is 11.3 Å². The largest absolute Gasteiger partial charge is 0.443 e. The van der Waals surface area contributed by atoms with Gasteiger partial charge < -0.3 is 9.52 Å². The van der Waals surface area contributed by atoms with E-state index in [1.807, 2.05) is 6.92 Å². The zero-order valence-electron chi connectivity index (χ0n) is 8.90. The number of hydrogen-bond acceptors (Lipinski definition) is 3. The number of aliphatic hydroxyl groups is 1. The quantitative estimate of drug-likeness (QED) is 0.866. The van der Waals surface area contributed by atoms with Gasteiger partial charge >= 0.3 is 0 Å². The first-order valence-corrected chi connectivity index (χ1v) is 5.10. The molecule has 2 rings (SSSR count). The van der Waals surface area contributed by atoms with Crippen LogP contribution in [0.1, 0.15) is 18.6 Å². The van der Waals surface area contributed by atoms with Crippen LogP contribution in [-0.4, -0.2) is 10.1 Å².